The van der Waals surface area contributed by atoms with Crippen molar-refractivity contribution in [2.24, 2.45) is 0 Å². The van der Waals surface area contributed by atoms with Crippen molar-refractivity contribution in [2.75, 3.05) is 5.32 Å². The molecule has 0 fully saturated rings. The van der Waals surface area contributed by atoms with Crippen molar-refractivity contribution in [1.29, 1.82) is 0 Å². The molecule has 106 valence electrons. The predicted molar refractivity (Wildman–Crippen MR) is 68.7 cm³/mol. The fraction of sp³-hybridized carbons (Fsp3) is 0.250. The first kappa shape index (κ1) is 14.4. The summed E-state index contributed by atoms with van der Waals surface area (Å²) in [5.41, 5.74) is 0.0991. The van der Waals surface area contributed by atoms with E-state index in [2.05, 4.69) is 14.9 Å². The van der Waals surface area contributed by atoms with Crippen LogP contribution in [0.5, 0.6) is 0 Å². The lowest BCUT2D eigenvalue weighted by Crippen LogP contribution is -2.12. The lowest BCUT2D eigenvalue weighted by Gasteiger charge is -2.08. The molecular weight excluding hydrogens is 291 g/mol. The summed E-state index contributed by atoms with van der Waals surface area (Å²) >= 11 is 0.956. The highest BCUT2D eigenvalue weighted by atomic mass is 32.1. The molecule has 0 saturated heterocycles. The molecular formula is C12H10F3N3OS. The van der Waals surface area contributed by atoms with Crippen LogP contribution in [0.2, 0.25) is 0 Å². The summed E-state index contributed by atoms with van der Waals surface area (Å²) in [7, 11) is 0. The Bertz CT molecular complexity index is 607. The van der Waals surface area contributed by atoms with E-state index in [-0.39, 0.29) is 0 Å². The van der Waals surface area contributed by atoms with Crippen LogP contribution in [-0.4, -0.2) is 15.5 Å². The van der Waals surface area contributed by atoms with Crippen molar-refractivity contribution in [1.82, 2.24) is 9.59 Å². The highest BCUT2D eigenvalue weighted by Gasteiger charge is 2.30. The second kappa shape index (κ2) is 5.58. The average molecular weight is 301 g/mol. The number of aryl methyl sites for hydroxylation is 1. The molecule has 2 rings (SSSR count). The molecule has 2 aromatic rings. The lowest BCUT2D eigenvalue weighted by atomic mass is 10.2. The molecule has 0 aliphatic heterocycles. The van der Waals surface area contributed by atoms with Crippen molar-refractivity contribution < 1.29 is 18.0 Å². The molecule has 0 spiro atoms. The van der Waals surface area contributed by atoms with E-state index in [0.717, 1.165) is 23.7 Å². The first-order valence-corrected chi connectivity index (χ1v) is 6.49. The van der Waals surface area contributed by atoms with Crippen LogP contribution >= 0.6 is 11.5 Å². The Morgan fingerprint density at radius 3 is 2.50 bits per heavy atom. The molecule has 0 atom stereocenters. The molecule has 1 heterocycles. The van der Waals surface area contributed by atoms with Gasteiger partial charge in [0.25, 0.3) is 5.91 Å². The fourth-order valence-electron chi connectivity index (χ4n) is 1.54. The van der Waals surface area contributed by atoms with Gasteiger partial charge in [0.15, 0.2) is 0 Å². The van der Waals surface area contributed by atoms with Crippen LogP contribution in [0.3, 0.4) is 0 Å². The Kier molecular flexibility index (Phi) is 4.03. The number of hydrogen-bond acceptors (Lipinski definition) is 4. The van der Waals surface area contributed by atoms with Crippen molar-refractivity contribution >= 4 is 23.1 Å². The van der Waals surface area contributed by atoms with Crippen molar-refractivity contribution in [3.05, 3.63) is 40.4 Å². The van der Waals surface area contributed by atoms with Crippen molar-refractivity contribution in [2.45, 2.75) is 19.5 Å². The largest absolute Gasteiger partial charge is 0.416 e. The molecule has 1 aromatic heterocycles. The van der Waals surface area contributed by atoms with Crippen LogP contribution in [0.4, 0.5) is 18.9 Å². The molecule has 1 amide bonds. The van der Waals surface area contributed by atoms with Crippen LogP contribution in [0.1, 0.15) is 27.9 Å². The Hall–Kier alpha value is -1.96. The van der Waals surface area contributed by atoms with Gasteiger partial charge >= 0.3 is 6.18 Å². The van der Waals surface area contributed by atoms with Crippen LogP contribution < -0.4 is 5.32 Å². The van der Waals surface area contributed by atoms with E-state index in [1.165, 1.54) is 12.1 Å². The quantitative estimate of drug-likeness (QED) is 0.945. The van der Waals surface area contributed by atoms with Crippen LogP contribution in [0.25, 0.3) is 0 Å². The van der Waals surface area contributed by atoms with E-state index in [9.17, 15) is 18.0 Å². The zero-order chi connectivity index (χ0) is 14.8. The number of benzene rings is 1. The third-order valence-corrected chi connectivity index (χ3v) is 3.33. The number of carbonyl (C=O) groups excluding carboxylic acids is 1. The zero-order valence-electron chi connectivity index (χ0n) is 10.4. The van der Waals surface area contributed by atoms with Crippen molar-refractivity contribution in [3.63, 3.8) is 0 Å². The number of hydrogen-bond donors (Lipinski definition) is 1. The van der Waals surface area contributed by atoms with Gasteiger partial charge in [0.1, 0.15) is 4.88 Å². The van der Waals surface area contributed by atoms with E-state index in [1.54, 1.807) is 0 Å². The maximum Gasteiger partial charge on any atom is 0.416 e. The fourth-order valence-corrected chi connectivity index (χ4v) is 2.19. The summed E-state index contributed by atoms with van der Waals surface area (Å²) in [6.45, 7) is 1.84. The highest BCUT2D eigenvalue weighted by Crippen LogP contribution is 2.29. The lowest BCUT2D eigenvalue weighted by molar-refractivity contribution is -0.137. The maximum absolute atomic E-state index is 12.4. The van der Waals surface area contributed by atoms with E-state index in [0.29, 0.717) is 22.7 Å². The number of nitrogens with one attached hydrogen (secondary N) is 1. The summed E-state index contributed by atoms with van der Waals surface area (Å²) < 4.78 is 40.9. The van der Waals surface area contributed by atoms with E-state index >= 15 is 0 Å². The highest BCUT2D eigenvalue weighted by molar-refractivity contribution is 7.08. The van der Waals surface area contributed by atoms with Gasteiger partial charge in [0.2, 0.25) is 0 Å². The van der Waals surface area contributed by atoms with E-state index in [1.807, 2.05) is 6.92 Å². The molecule has 20 heavy (non-hydrogen) atoms. The Balaban J connectivity index is 2.13. The number of halogens is 3. The number of alkyl halides is 3. The monoisotopic (exact) mass is 301 g/mol. The second-order valence-corrected chi connectivity index (χ2v) is 4.69. The third-order valence-electron chi connectivity index (χ3n) is 2.57. The minimum Gasteiger partial charge on any atom is -0.321 e. The summed E-state index contributed by atoms with van der Waals surface area (Å²) in [4.78, 5) is 12.3. The van der Waals surface area contributed by atoms with E-state index < -0.39 is 17.6 Å². The number of anilines is 1. The molecule has 0 bridgehead atoms. The Labute approximate surface area is 116 Å². The Morgan fingerprint density at radius 2 is 1.95 bits per heavy atom. The van der Waals surface area contributed by atoms with Gasteiger partial charge in [0, 0.05) is 5.69 Å². The summed E-state index contributed by atoms with van der Waals surface area (Å²) in [5.74, 6) is -0.420. The second-order valence-electron chi connectivity index (χ2n) is 3.93. The van der Waals surface area contributed by atoms with Gasteiger partial charge in [0.05, 0.1) is 11.3 Å². The molecule has 0 radical (unpaired) electrons. The average Bonchev–Trinajstić information content (AvgIpc) is 2.86. The number of aromatic nitrogens is 2. The molecule has 1 N–H and O–H groups in total. The smallest absolute Gasteiger partial charge is 0.321 e. The molecule has 0 saturated carbocycles. The normalized spacial score (nSPS) is 11.4. The molecule has 4 nitrogen and oxygen atoms in total. The first-order chi connectivity index (χ1) is 9.41. The topological polar surface area (TPSA) is 54.9 Å². The van der Waals surface area contributed by atoms with E-state index in [4.69, 9.17) is 0 Å². The van der Waals surface area contributed by atoms with Crippen LogP contribution in [-0.2, 0) is 12.6 Å². The number of rotatable bonds is 3. The van der Waals surface area contributed by atoms with Gasteiger partial charge in [-0.2, -0.15) is 13.2 Å². The first-order valence-electron chi connectivity index (χ1n) is 5.71. The maximum atomic E-state index is 12.4. The predicted octanol–water partition coefficient (Wildman–Crippen LogP) is 3.37. The zero-order valence-corrected chi connectivity index (χ0v) is 11.2. The van der Waals surface area contributed by atoms with Gasteiger partial charge in [-0.15, -0.1) is 5.10 Å². The minimum absolute atomic E-state index is 0.290. The van der Waals surface area contributed by atoms with Gasteiger partial charge < -0.3 is 5.32 Å². The molecule has 0 aliphatic carbocycles. The summed E-state index contributed by atoms with van der Waals surface area (Å²) in [6.07, 6.45) is -3.83. The number of amides is 1. The number of carbonyl (C=O) groups is 1. The van der Waals surface area contributed by atoms with Crippen LogP contribution in [0, 0.1) is 0 Å². The standard InChI is InChI=1S/C12H10F3N3OS/c1-2-9-10(20-18-17-9)11(19)16-8-5-3-7(4-6-8)12(13,14)15/h3-6H,2H2,1H3,(H,16,19). The molecule has 1 aromatic carbocycles. The Morgan fingerprint density at radius 1 is 1.30 bits per heavy atom. The summed E-state index contributed by atoms with van der Waals surface area (Å²) in [6, 6.07) is 4.25. The van der Waals surface area contributed by atoms with Gasteiger partial charge in [-0.3, -0.25) is 4.79 Å². The molecule has 0 aliphatic rings. The molecule has 0 unspecified atom stereocenters. The van der Waals surface area contributed by atoms with Crippen molar-refractivity contribution in [3.8, 4) is 0 Å². The SMILES string of the molecule is CCc1nnsc1C(=O)Nc1ccc(C(F)(F)F)cc1. The molecule has 8 heteroatoms. The minimum atomic E-state index is -4.39. The van der Waals surface area contributed by atoms with Gasteiger partial charge in [-0.25, -0.2) is 0 Å². The van der Waals surface area contributed by atoms with Gasteiger partial charge in [-0.1, -0.05) is 11.4 Å². The number of nitrogens with zero attached hydrogens (tertiary/aromatic N) is 2. The van der Waals surface area contributed by atoms with Crippen LogP contribution in [0.15, 0.2) is 24.3 Å². The van der Waals surface area contributed by atoms with Gasteiger partial charge in [-0.05, 0) is 42.2 Å². The third kappa shape index (κ3) is 3.13. The summed E-state index contributed by atoms with van der Waals surface area (Å²) in [5, 5.41) is 6.32.